The Morgan fingerprint density at radius 2 is 2.20 bits per heavy atom. The highest BCUT2D eigenvalue weighted by Gasteiger charge is 2.18. The van der Waals surface area contributed by atoms with Crippen molar-refractivity contribution in [3.63, 3.8) is 0 Å². The van der Waals surface area contributed by atoms with Crippen LogP contribution in [0.3, 0.4) is 0 Å². The number of amides is 2. The third-order valence-electron chi connectivity index (χ3n) is 2.57. The minimum atomic E-state index is -0.0211. The molecule has 1 aromatic rings. The predicted molar refractivity (Wildman–Crippen MR) is 57.9 cm³/mol. The van der Waals surface area contributed by atoms with Crippen molar-refractivity contribution in [2.45, 2.75) is 13.3 Å². The summed E-state index contributed by atoms with van der Waals surface area (Å²) < 4.78 is 0. The first-order chi connectivity index (χ1) is 7.08. The van der Waals surface area contributed by atoms with E-state index in [1.165, 1.54) is 6.92 Å². The molecule has 0 bridgehead atoms. The minimum Gasteiger partial charge on any atom is -0.326 e. The molecule has 0 saturated heterocycles. The maximum atomic E-state index is 11.2. The molecule has 1 aromatic carbocycles. The summed E-state index contributed by atoms with van der Waals surface area (Å²) in [5, 5.41) is 2.75. The van der Waals surface area contributed by atoms with Gasteiger partial charge in [0.1, 0.15) is 0 Å². The second kappa shape index (κ2) is 3.38. The number of hydrogen-bond donors (Lipinski definition) is 1. The number of anilines is 2. The molecule has 0 fully saturated rings. The molecule has 2 rings (SSSR count). The number of carbonyl (C=O) groups excluding carboxylic acids is 2. The number of benzene rings is 1. The average molecular weight is 204 g/mol. The Hall–Kier alpha value is -1.84. The summed E-state index contributed by atoms with van der Waals surface area (Å²) in [6.45, 7) is 1.51. The molecule has 0 atom stereocenters. The molecule has 1 heterocycles. The fourth-order valence-electron chi connectivity index (χ4n) is 1.61. The van der Waals surface area contributed by atoms with E-state index < -0.39 is 0 Å². The Morgan fingerprint density at radius 3 is 2.87 bits per heavy atom. The van der Waals surface area contributed by atoms with Gasteiger partial charge in [0.05, 0.1) is 6.42 Å². The molecule has 4 nitrogen and oxygen atoms in total. The largest absolute Gasteiger partial charge is 0.326 e. The minimum absolute atomic E-state index is 0.00706. The average Bonchev–Trinajstić information content (AvgIpc) is 2.55. The molecule has 1 aliphatic heterocycles. The van der Waals surface area contributed by atoms with E-state index >= 15 is 0 Å². The molecule has 0 unspecified atom stereocenters. The zero-order valence-corrected chi connectivity index (χ0v) is 8.70. The Balaban J connectivity index is 2.35. The van der Waals surface area contributed by atoms with Gasteiger partial charge in [-0.2, -0.15) is 0 Å². The maximum absolute atomic E-state index is 11.2. The third kappa shape index (κ3) is 1.70. The van der Waals surface area contributed by atoms with Gasteiger partial charge in [-0.1, -0.05) is 0 Å². The van der Waals surface area contributed by atoms with Crippen molar-refractivity contribution in [1.82, 2.24) is 0 Å². The highest BCUT2D eigenvalue weighted by molar-refractivity contribution is 6.00. The van der Waals surface area contributed by atoms with Gasteiger partial charge in [0, 0.05) is 25.3 Å². The molecule has 0 saturated carbocycles. The van der Waals surface area contributed by atoms with Crippen LogP contribution in [-0.2, 0) is 16.0 Å². The molecule has 15 heavy (non-hydrogen) atoms. The summed E-state index contributed by atoms with van der Waals surface area (Å²) >= 11 is 0. The van der Waals surface area contributed by atoms with Crippen molar-refractivity contribution in [3.8, 4) is 0 Å². The SMILES string of the molecule is CC(=O)N(C)c1ccc2c(c1)CC(=O)N2. The molecule has 0 aliphatic carbocycles. The summed E-state index contributed by atoms with van der Waals surface area (Å²) in [6.07, 6.45) is 0.398. The molecule has 0 spiro atoms. The lowest BCUT2D eigenvalue weighted by molar-refractivity contribution is -0.116. The third-order valence-corrected chi connectivity index (χ3v) is 2.57. The fourth-order valence-corrected chi connectivity index (χ4v) is 1.61. The lowest BCUT2D eigenvalue weighted by Crippen LogP contribution is -2.22. The molecule has 4 heteroatoms. The van der Waals surface area contributed by atoms with Gasteiger partial charge in [0.25, 0.3) is 0 Å². The van der Waals surface area contributed by atoms with Crippen LogP contribution >= 0.6 is 0 Å². The van der Waals surface area contributed by atoms with Gasteiger partial charge >= 0.3 is 0 Å². The van der Waals surface area contributed by atoms with Crippen LogP contribution in [0.25, 0.3) is 0 Å². The molecule has 78 valence electrons. The number of hydrogen-bond acceptors (Lipinski definition) is 2. The van der Waals surface area contributed by atoms with E-state index in [1.54, 1.807) is 11.9 Å². The normalized spacial score (nSPS) is 13.3. The van der Waals surface area contributed by atoms with Gasteiger partial charge in [-0.3, -0.25) is 9.59 Å². The molecular weight excluding hydrogens is 192 g/mol. The van der Waals surface area contributed by atoms with Crippen LogP contribution in [0, 0.1) is 0 Å². The molecule has 1 N–H and O–H groups in total. The van der Waals surface area contributed by atoms with Crippen LogP contribution in [0.1, 0.15) is 12.5 Å². The van der Waals surface area contributed by atoms with Crippen molar-refractivity contribution < 1.29 is 9.59 Å². The maximum Gasteiger partial charge on any atom is 0.228 e. The monoisotopic (exact) mass is 204 g/mol. The molecular formula is C11H12N2O2. The topological polar surface area (TPSA) is 49.4 Å². The number of rotatable bonds is 1. The standard InChI is InChI=1S/C11H12N2O2/c1-7(14)13(2)9-3-4-10-8(5-9)6-11(15)12-10/h3-5H,6H2,1-2H3,(H,12,15). The summed E-state index contributed by atoms with van der Waals surface area (Å²) in [4.78, 5) is 23.8. The second-order valence-corrected chi connectivity index (χ2v) is 3.64. The Kier molecular flexibility index (Phi) is 2.19. The zero-order chi connectivity index (χ0) is 11.0. The van der Waals surface area contributed by atoms with Crippen LogP contribution in [0.5, 0.6) is 0 Å². The molecule has 1 aliphatic rings. The van der Waals surface area contributed by atoms with E-state index in [9.17, 15) is 9.59 Å². The van der Waals surface area contributed by atoms with Crippen LogP contribution in [0.2, 0.25) is 0 Å². The van der Waals surface area contributed by atoms with E-state index in [1.807, 2.05) is 18.2 Å². The van der Waals surface area contributed by atoms with E-state index in [2.05, 4.69) is 5.32 Å². The van der Waals surface area contributed by atoms with Crippen LogP contribution in [0.15, 0.2) is 18.2 Å². The lowest BCUT2D eigenvalue weighted by atomic mass is 10.1. The van der Waals surface area contributed by atoms with Crippen LogP contribution in [-0.4, -0.2) is 18.9 Å². The van der Waals surface area contributed by atoms with E-state index in [0.717, 1.165) is 16.9 Å². The van der Waals surface area contributed by atoms with Gasteiger partial charge in [-0.25, -0.2) is 0 Å². The summed E-state index contributed by atoms with van der Waals surface area (Å²) in [7, 11) is 1.72. The number of carbonyl (C=O) groups is 2. The van der Waals surface area contributed by atoms with Crippen molar-refractivity contribution in [3.05, 3.63) is 23.8 Å². The fraction of sp³-hybridized carbons (Fsp3) is 0.273. The van der Waals surface area contributed by atoms with Gasteiger partial charge in [-0.15, -0.1) is 0 Å². The lowest BCUT2D eigenvalue weighted by Gasteiger charge is -2.15. The first-order valence-corrected chi connectivity index (χ1v) is 4.75. The van der Waals surface area contributed by atoms with Gasteiger partial charge in [0.2, 0.25) is 11.8 Å². The zero-order valence-electron chi connectivity index (χ0n) is 8.70. The quantitative estimate of drug-likeness (QED) is 0.746. The highest BCUT2D eigenvalue weighted by Crippen LogP contribution is 2.27. The van der Waals surface area contributed by atoms with Crippen molar-refractivity contribution in [2.24, 2.45) is 0 Å². The molecule has 0 radical (unpaired) electrons. The number of nitrogens with one attached hydrogen (secondary N) is 1. The summed E-state index contributed by atoms with van der Waals surface area (Å²) in [5.74, 6) is -0.0140. The highest BCUT2D eigenvalue weighted by atomic mass is 16.2. The van der Waals surface area contributed by atoms with E-state index in [0.29, 0.717) is 6.42 Å². The Bertz CT molecular complexity index is 440. The summed E-state index contributed by atoms with van der Waals surface area (Å²) in [6, 6.07) is 5.52. The summed E-state index contributed by atoms with van der Waals surface area (Å²) in [5.41, 5.74) is 2.61. The van der Waals surface area contributed by atoms with Crippen LogP contribution < -0.4 is 10.2 Å². The predicted octanol–water partition coefficient (Wildman–Crippen LogP) is 1.16. The van der Waals surface area contributed by atoms with E-state index in [-0.39, 0.29) is 11.8 Å². The Morgan fingerprint density at radius 1 is 1.47 bits per heavy atom. The Labute approximate surface area is 87.9 Å². The number of nitrogens with zero attached hydrogens (tertiary/aromatic N) is 1. The van der Waals surface area contributed by atoms with Crippen LogP contribution in [0.4, 0.5) is 11.4 Å². The first kappa shape index (κ1) is 9.71. The van der Waals surface area contributed by atoms with Crippen molar-refractivity contribution in [2.75, 3.05) is 17.3 Å². The van der Waals surface area contributed by atoms with Gasteiger partial charge in [-0.05, 0) is 23.8 Å². The van der Waals surface area contributed by atoms with Crippen molar-refractivity contribution >= 4 is 23.2 Å². The number of fused-ring (bicyclic) bond motifs is 1. The molecule has 0 aromatic heterocycles. The molecule has 2 amide bonds. The smallest absolute Gasteiger partial charge is 0.228 e. The van der Waals surface area contributed by atoms with E-state index in [4.69, 9.17) is 0 Å². The van der Waals surface area contributed by atoms with Gasteiger partial charge in [0.15, 0.2) is 0 Å². The first-order valence-electron chi connectivity index (χ1n) is 4.75. The second-order valence-electron chi connectivity index (χ2n) is 3.64. The van der Waals surface area contributed by atoms with Crippen molar-refractivity contribution in [1.29, 1.82) is 0 Å². The van der Waals surface area contributed by atoms with Gasteiger partial charge < -0.3 is 10.2 Å².